The molecule has 18 heavy (non-hydrogen) atoms. The summed E-state index contributed by atoms with van der Waals surface area (Å²) in [4.78, 5) is 0. The lowest BCUT2D eigenvalue weighted by molar-refractivity contribution is 0.862. The summed E-state index contributed by atoms with van der Waals surface area (Å²) in [6.45, 7) is 23.6. The summed E-state index contributed by atoms with van der Waals surface area (Å²) in [5, 5.41) is 0. The molecule has 0 radical (unpaired) electrons. The van der Waals surface area contributed by atoms with Crippen molar-refractivity contribution < 1.29 is 0 Å². The van der Waals surface area contributed by atoms with Crippen molar-refractivity contribution in [1.29, 1.82) is 0 Å². The quantitative estimate of drug-likeness (QED) is 0.367. The van der Waals surface area contributed by atoms with Gasteiger partial charge in [-0.25, -0.2) is 0 Å². The highest BCUT2D eigenvalue weighted by Crippen LogP contribution is 2.22. The highest BCUT2D eigenvalue weighted by Gasteiger charge is 2.23. The van der Waals surface area contributed by atoms with Crippen LogP contribution in [-0.2, 0) is 0 Å². The predicted octanol–water partition coefficient (Wildman–Crippen LogP) is 5.02. The summed E-state index contributed by atoms with van der Waals surface area (Å²) in [7, 11) is -3.23. The largest absolute Gasteiger partial charge is 0.124 e. The molecule has 0 aliphatic rings. The van der Waals surface area contributed by atoms with Crippen molar-refractivity contribution in [1.82, 2.24) is 0 Å². The number of rotatable bonds is 11. The van der Waals surface area contributed by atoms with Gasteiger partial charge in [0, 0.05) is 0 Å². The van der Waals surface area contributed by atoms with Crippen LogP contribution >= 0.6 is 0 Å². The zero-order valence-electron chi connectivity index (χ0n) is 11.5. The van der Waals surface area contributed by atoms with Crippen LogP contribution in [0.3, 0.4) is 0 Å². The van der Waals surface area contributed by atoms with E-state index in [1.807, 2.05) is 0 Å². The van der Waals surface area contributed by atoms with Crippen LogP contribution < -0.4 is 0 Å². The number of hydrogen-bond donors (Lipinski definition) is 0. The predicted molar refractivity (Wildman–Crippen MR) is 91.5 cm³/mol. The lowest BCUT2D eigenvalue weighted by Crippen LogP contribution is -2.28. The van der Waals surface area contributed by atoms with Gasteiger partial charge < -0.3 is 0 Å². The van der Waals surface area contributed by atoms with Gasteiger partial charge in [-0.3, -0.25) is 0 Å². The molecule has 0 aliphatic heterocycles. The molecule has 98 valence electrons. The molecule has 0 unspecified atom stereocenters. The van der Waals surface area contributed by atoms with E-state index in [-0.39, 0.29) is 0 Å². The molecule has 0 aliphatic carbocycles. The third kappa shape index (κ3) is 4.28. The van der Waals surface area contributed by atoms with E-state index in [1.165, 1.54) is 12.8 Å². The Hall–Kier alpha value is -1.13. The first kappa shape index (κ1) is 16.9. The molecule has 0 spiro atoms. The minimum Gasteiger partial charge on any atom is -0.106 e. The van der Waals surface area contributed by atoms with E-state index in [0.717, 1.165) is 12.1 Å². The highest BCUT2D eigenvalue weighted by molar-refractivity contribution is 6.93. The van der Waals surface area contributed by atoms with Crippen LogP contribution in [0, 0.1) is 0 Å². The molecule has 0 saturated heterocycles. The Morgan fingerprint density at radius 2 is 0.722 bits per heavy atom. The normalized spacial score (nSPS) is 11.3. The molecule has 0 heterocycles. The molecule has 0 nitrogen and oxygen atoms in total. The summed E-state index contributed by atoms with van der Waals surface area (Å²) in [5.74, 6) is 0. The Morgan fingerprint density at radius 1 is 0.500 bits per heavy atom. The van der Waals surface area contributed by atoms with Crippen LogP contribution in [-0.4, -0.2) is 16.1 Å². The van der Waals surface area contributed by atoms with Crippen molar-refractivity contribution in [2.24, 2.45) is 0 Å². The van der Waals surface area contributed by atoms with Crippen molar-refractivity contribution in [3.05, 3.63) is 73.7 Å². The number of hydrogen-bond acceptors (Lipinski definition) is 0. The summed E-state index contributed by atoms with van der Waals surface area (Å²) in [6, 6.07) is 2.30. The van der Waals surface area contributed by atoms with Gasteiger partial charge in [0.2, 0.25) is 0 Å². The lowest BCUT2D eigenvalue weighted by Gasteiger charge is -2.22. The fourth-order valence-corrected chi connectivity index (χ4v) is 5.92. The second kappa shape index (κ2) is 8.06. The maximum atomic E-state index is 3.93. The van der Waals surface area contributed by atoms with Crippen molar-refractivity contribution >= 4 is 16.1 Å². The molecule has 0 aromatic rings. The van der Waals surface area contributed by atoms with Crippen LogP contribution in [0.25, 0.3) is 0 Å². The van der Waals surface area contributed by atoms with Crippen LogP contribution in [0.2, 0.25) is 12.1 Å². The van der Waals surface area contributed by atoms with Gasteiger partial charge in [0.25, 0.3) is 0 Å². The van der Waals surface area contributed by atoms with Gasteiger partial charge >= 0.3 is 0 Å². The van der Waals surface area contributed by atoms with E-state index in [2.05, 4.69) is 73.7 Å². The van der Waals surface area contributed by atoms with E-state index in [0.29, 0.717) is 0 Å². The van der Waals surface area contributed by atoms with Crippen LogP contribution in [0.1, 0.15) is 12.8 Å². The van der Waals surface area contributed by atoms with Gasteiger partial charge in [-0.15, -0.1) is 39.5 Å². The smallest absolute Gasteiger partial charge is 0.106 e. The average molecular weight is 275 g/mol. The second-order valence-electron chi connectivity index (χ2n) is 4.66. The van der Waals surface area contributed by atoms with Gasteiger partial charge in [-0.2, -0.15) is 0 Å². The van der Waals surface area contributed by atoms with E-state index in [9.17, 15) is 0 Å². The summed E-state index contributed by atoms with van der Waals surface area (Å²) in [6.07, 6.45) is 2.36. The van der Waals surface area contributed by atoms with Crippen molar-refractivity contribution in [2.45, 2.75) is 24.9 Å². The van der Waals surface area contributed by atoms with Crippen LogP contribution in [0.15, 0.2) is 73.7 Å². The first-order valence-electron chi connectivity index (χ1n) is 6.39. The topological polar surface area (TPSA) is 0 Å². The summed E-state index contributed by atoms with van der Waals surface area (Å²) >= 11 is 0. The van der Waals surface area contributed by atoms with Crippen LogP contribution in [0.5, 0.6) is 0 Å². The van der Waals surface area contributed by atoms with E-state index in [4.69, 9.17) is 0 Å². The minimum atomic E-state index is -1.61. The van der Waals surface area contributed by atoms with E-state index < -0.39 is 16.1 Å². The van der Waals surface area contributed by atoms with Gasteiger partial charge in [0.1, 0.15) is 16.1 Å². The Bertz CT molecular complexity index is 261. The van der Waals surface area contributed by atoms with Gasteiger partial charge in [-0.05, 0) is 12.1 Å². The Balaban J connectivity index is 4.36. The highest BCUT2D eigenvalue weighted by atomic mass is 28.3. The van der Waals surface area contributed by atoms with Gasteiger partial charge in [0.15, 0.2) is 0 Å². The molecule has 0 bridgehead atoms. The molecule has 0 atom stereocenters. The lowest BCUT2D eigenvalue weighted by atomic mass is 10.4. The molecular weight excluding hydrogens is 248 g/mol. The molecule has 0 amide bonds. The first-order chi connectivity index (χ1) is 8.57. The van der Waals surface area contributed by atoms with Crippen molar-refractivity contribution in [3.8, 4) is 0 Å². The zero-order valence-corrected chi connectivity index (χ0v) is 13.5. The van der Waals surface area contributed by atoms with Gasteiger partial charge in [-0.1, -0.05) is 47.0 Å². The standard InChI is InChI=1S/C16H26Si2/c1-7-17(8-2,9-3)15-13-14-16-18(10-4,11-5)12-6/h7-12H,1-6,13-16H2. The SMILES string of the molecule is C=C[Si](C=C)(C=C)CCCC[Si](C=C)(C=C)C=C. The molecule has 0 rings (SSSR count). The molecule has 0 aromatic heterocycles. The maximum absolute atomic E-state index is 3.93. The van der Waals surface area contributed by atoms with Crippen molar-refractivity contribution in [3.63, 3.8) is 0 Å². The molecule has 0 saturated carbocycles. The number of unbranched alkanes of at least 4 members (excludes halogenated alkanes) is 1. The van der Waals surface area contributed by atoms with Gasteiger partial charge in [0.05, 0.1) is 0 Å². The average Bonchev–Trinajstić information content (AvgIpc) is 2.45. The fraction of sp³-hybridized carbons (Fsp3) is 0.250. The molecule has 2 heteroatoms. The monoisotopic (exact) mass is 274 g/mol. The molecular formula is C16H26Si2. The molecule has 0 fully saturated rings. The van der Waals surface area contributed by atoms with Crippen molar-refractivity contribution in [2.75, 3.05) is 0 Å². The fourth-order valence-electron chi connectivity index (χ4n) is 1.97. The minimum absolute atomic E-state index is 1.15. The zero-order chi connectivity index (χ0) is 14.1. The maximum Gasteiger partial charge on any atom is 0.124 e. The third-order valence-electron chi connectivity index (χ3n) is 3.75. The molecule has 0 aromatic carbocycles. The van der Waals surface area contributed by atoms with E-state index >= 15 is 0 Å². The summed E-state index contributed by atoms with van der Waals surface area (Å²) < 4.78 is 0. The Morgan fingerprint density at radius 3 is 0.889 bits per heavy atom. The molecule has 0 N–H and O–H groups in total. The van der Waals surface area contributed by atoms with E-state index in [1.54, 1.807) is 0 Å². The Labute approximate surface area is 115 Å². The Kier molecular flexibility index (Phi) is 7.56. The first-order valence-corrected chi connectivity index (χ1v) is 11.3. The second-order valence-corrected chi connectivity index (χ2v) is 12.6. The third-order valence-corrected chi connectivity index (χ3v) is 10.7. The summed E-state index contributed by atoms with van der Waals surface area (Å²) in [5.41, 5.74) is 12.4. The van der Waals surface area contributed by atoms with Crippen LogP contribution in [0.4, 0.5) is 0 Å².